The van der Waals surface area contributed by atoms with Crippen LogP contribution in [-0.2, 0) is 0 Å². The SMILES string of the molecule is Cc1nnc2ccc(C(=O)NC(c3ccc(F)cc3)C3CCCC3)cn12. The van der Waals surface area contributed by atoms with E-state index in [-0.39, 0.29) is 17.8 Å². The molecule has 2 aromatic heterocycles. The van der Waals surface area contributed by atoms with E-state index in [0.717, 1.165) is 24.2 Å². The number of hydrogen-bond donors (Lipinski definition) is 1. The molecule has 1 aromatic carbocycles. The first-order chi connectivity index (χ1) is 12.6. The van der Waals surface area contributed by atoms with Crippen LogP contribution in [0.2, 0.25) is 0 Å². The summed E-state index contributed by atoms with van der Waals surface area (Å²) in [4.78, 5) is 12.9. The summed E-state index contributed by atoms with van der Waals surface area (Å²) in [5.74, 6) is 0.713. The molecule has 0 aliphatic heterocycles. The Morgan fingerprint density at radius 1 is 1.15 bits per heavy atom. The Morgan fingerprint density at radius 3 is 2.62 bits per heavy atom. The van der Waals surface area contributed by atoms with Gasteiger partial charge in [-0.25, -0.2) is 4.39 Å². The molecule has 3 aromatic rings. The zero-order valence-electron chi connectivity index (χ0n) is 14.7. The van der Waals surface area contributed by atoms with Gasteiger partial charge in [0.15, 0.2) is 5.65 Å². The molecular formula is C20H21FN4O. The average molecular weight is 352 g/mol. The molecule has 1 N–H and O–H groups in total. The minimum atomic E-state index is -0.265. The predicted octanol–water partition coefficient (Wildman–Crippen LogP) is 3.84. The summed E-state index contributed by atoms with van der Waals surface area (Å²) in [6.07, 6.45) is 6.25. The van der Waals surface area contributed by atoms with Crippen LogP contribution in [0.15, 0.2) is 42.6 Å². The maximum atomic E-state index is 13.3. The predicted molar refractivity (Wildman–Crippen MR) is 96.3 cm³/mol. The lowest BCUT2D eigenvalue weighted by atomic mass is 9.91. The summed E-state index contributed by atoms with van der Waals surface area (Å²) in [5.41, 5.74) is 2.23. The van der Waals surface area contributed by atoms with E-state index in [1.165, 1.54) is 25.0 Å². The number of amides is 1. The number of nitrogens with one attached hydrogen (secondary N) is 1. The number of halogens is 1. The lowest BCUT2D eigenvalue weighted by Gasteiger charge is -2.25. The van der Waals surface area contributed by atoms with Crippen molar-refractivity contribution < 1.29 is 9.18 Å². The van der Waals surface area contributed by atoms with Crippen LogP contribution in [0.4, 0.5) is 4.39 Å². The van der Waals surface area contributed by atoms with Gasteiger partial charge in [0, 0.05) is 6.20 Å². The number of carbonyl (C=O) groups excluding carboxylic acids is 1. The van der Waals surface area contributed by atoms with Crippen LogP contribution in [0.3, 0.4) is 0 Å². The molecule has 1 fully saturated rings. The third-order valence-electron chi connectivity index (χ3n) is 5.22. The fourth-order valence-electron chi connectivity index (χ4n) is 3.80. The molecule has 1 saturated carbocycles. The Morgan fingerprint density at radius 2 is 1.88 bits per heavy atom. The van der Waals surface area contributed by atoms with Crippen molar-refractivity contribution in [3.8, 4) is 0 Å². The van der Waals surface area contributed by atoms with Crippen LogP contribution >= 0.6 is 0 Å². The van der Waals surface area contributed by atoms with Gasteiger partial charge in [-0.15, -0.1) is 10.2 Å². The zero-order valence-corrected chi connectivity index (χ0v) is 14.7. The van der Waals surface area contributed by atoms with Crippen molar-refractivity contribution in [3.63, 3.8) is 0 Å². The van der Waals surface area contributed by atoms with E-state index < -0.39 is 0 Å². The normalized spacial score (nSPS) is 16.1. The third-order valence-corrected chi connectivity index (χ3v) is 5.22. The highest BCUT2D eigenvalue weighted by Crippen LogP contribution is 2.36. The zero-order chi connectivity index (χ0) is 18.1. The first-order valence-electron chi connectivity index (χ1n) is 8.99. The number of hydrogen-bond acceptors (Lipinski definition) is 3. The summed E-state index contributed by atoms with van der Waals surface area (Å²) in [5, 5.41) is 11.2. The van der Waals surface area contributed by atoms with Gasteiger partial charge in [-0.3, -0.25) is 9.20 Å². The molecule has 5 nitrogen and oxygen atoms in total. The van der Waals surface area contributed by atoms with Crippen LogP contribution in [0, 0.1) is 18.7 Å². The average Bonchev–Trinajstić information content (AvgIpc) is 3.30. The molecule has 134 valence electrons. The Kier molecular flexibility index (Phi) is 4.41. The number of nitrogens with zero attached hydrogens (tertiary/aromatic N) is 3. The van der Waals surface area contributed by atoms with Gasteiger partial charge in [-0.1, -0.05) is 25.0 Å². The van der Waals surface area contributed by atoms with Gasteiger partial charge in [0.1, 0.15) is 11.6 Å². The van der Waals surface area contributed by atoms with E-state index in [1.54, 1.807) is 34.9 Å². The largest absolute Gasteiger partial charge is 0.345 e. The van der Waals surface area contributed by atoms with Crippen LogP contribution in [-0.4, -0.2) is 20.5 Å². The topological polar surface area (TPSA) is 59.3 Å². The highest BCUT2D eigenvalue weighted by molar-refractivity contribution is 5.94. The minimum Gasteiger partial charge on any atom is -0.345 e. The van der Waals surface area contributed by atoms with Crippen LogP contribution in [0.5, 0.6) is 0 Å². The van der Waals surface area contributed by atoms with E-state index in [1.807, 2.05) is 6.92 Å². The fourth-order valence-corrected chi connectivity index (χ4v) is 3.80. The number of carbonyl (C=O) groups is 1. The number of benzene rings is 1. The Bertz CT molecular complexity index is 929. The maximum Gasteiger partial charge on any atom is 0.253 e. The van der Waals surface area contributed by atoms with Crippen molar-refractivity contribution in [2.45, 2.75) is 38.6 Å². The molecule has 0 radical (unpaired) electrons. The van der Waals surface area contributed by atoms with Crippen molar-refractivity contribution in [3.05, 3.63) is 65.4 Å². The van der Waals surface area contributed by atoms with Crippen molar-refractivity contribution in [1.29, 1.82) is 0 Å². The number of aryl methyl sites for hydroxylation is 1. The second-order valence-corrected chi connectivity index (χ2v) is 6.94. The number of rotatable bonds is 4. The minimum absolute atomic E-state index is 0.108. The summed E-state index contributed by atoms with van der Waals surface area (Å²) >= 11 is 0. The molecule has 6 heteroatoms. The lowest BCUT2D eigenvalue weighted by Crippen LogP contribution is -2.33. The molecule has 0 bridgehead atoms. The van der Waals surface area contributed by atoms with Gasteiger partial charge in [-0.05, 0) is 55.5 Å². The molecule has 4 rings (SSSR count). The fraction of sp³-hybridized carbons (Fsp3) is 0.350. The molecule has 1 aliphatic carbocycles. The van der Waals surface area contributed by atoms with Crippen molar-refractivity contribution in [1.82, 2.24) is 19.9 Å². The van der Waals surface area contributed by atoms with E-state index in [4.69, 9.17) is 0 Å². The maximum absolute atomic E-state index is 13.3. The van der Waals surface area contributed by atoms with E-state index in [2.05, 4.69) is 15.5 Å². The Labute approximate surface area is 151 Å². The molecule has 26 heavy (non-hydrogen) atoms. The molecule has 0 saturated heterocycles. The van der Waals surface area contributed by atoms with E-state index in [0.29, 0.717) is 17.1 Å². The summed E-state index contributed by atoms with van der Waals surface area (Å²) in [6, 6.07) is 9.89. The van der Waals surface area contributed by atoms with Gasteiger partial charge < -0.3 is 5.32 Å². The first-order valence-corrected chi connectivity index (χ1v) is 8.99. The van der Waals surface area contributed by atoms with E-state index in [9.17, 15) is 9.18 Å². The number of aromatic nitrogens is 3. The van der Waals surface area contributed by atoms with Gasteiger partial charge >= 0.3 is 0 Å². The molecule has 1 amide bonds. The lowest BCUT2D eigenvalue weighted by molar-refractivity contribution is 0.0921. The van der Waals surface area contributed by atoms with Gasteiger partial charge in [0.25, 0.3) is 5.91 Å². The monoisotopic (exact) mass is 352 g/mol. The number of pyridine rings is 1. The van der Waals surface area contributed by atoms with Gasteiger partial charge in [0.05, 0.1) is 11.6 Å². The van der Waals surface area contributed by atoms with Gasteiger partial charge in [-0.2, -0.15) is 0 Å². The molecule has 0 spiro atoms. The summed E-state index contributed by atoms with van der Waals surface area (Å²) < 4.78 is 15.1. The smallest absolute Gasteiger partial charge is 0.253 e. The highest BCUT2D eigenvalue weighted by atomic mass is 19.1. The molecule has 2 heterocycles. The van der Waals surface area contributed by atoms with Crippen LogP contribution < -0.4 is 5.32 Å². The Hall–Kier alpha value is -2.76. The molecular weight excluding hydrogens is 331 g/mol. The molecule has 1 atom stereocenters. The second kappa shape index (κ2) is 6.86. The summed E-state index contributed by atoms with van der Waals surface area (Å²) in [6.45, 7) is 1.85. The standard InChI is InChI=1S/C20H21FN4O/c1-13-23-24-18-11-8-16(12-25(13)18)20(26)22-19(14-4-2-3-5-14)15-6-9-17(21)10-7-15/h6-12,14,19H,2-5H2,1H3,(H,22,26). The summed E-state index contributed by atoms with van der Waals surface area (Å²) in [7, 11) is 0. The Balaban J connectivity index is 1.62. The van der Waals surface area contributed by atoms with Crippen LogP contribution in [0.25, 0.3) is 5.65 Å². The quantitative estimate of drug-likeness (QED) is 0.776. The van der Waals surface area contributed by atoms with Crippen molar-refractivity contribution in [2.75, 3.05) is 0 Å². The third kappa shape index (κ3) is 3.19. The molecule has 1 unspecified atom stereocenters. The van der Waals surface area contributed by atoms with Gasteiger partial charge in [0.2, 0.25) is 0 Å². The van der Waals surface area contributed by atoms with Crippen molar-refractivity contribution >= 4 is 11.6 Å². The van der Waals surface area contributed by atoms with Crippen LogP contribution in [0.1, 0.15) is 53.5 Å². The first kappa shape index (κ1) is 16.7. The van der Waals surface area contributed by atoms with E-state index >= 15 is 0 Å². The second-order valence-electron chi connectivity index (χ2n) is 6.94. The molecule has 1 aliphatic rings. The van der Waals surface area contributed by atoms with Crippen molar-refractivity contribution in [2.24, 2.45) is 5.92 Å². The number of fused-ring (bicyclic) bond motifs is 1. The highest BCUT2D eigenvalue weighted by Gasteiger charge is 2.28.